The van der Waals surface area contributed by atoms with E-state index < -0.39 is 0 Å². The van der Waals surface area contributed by atoms with Gasteiger partial charge in [0.1, 0.15) is 0 Å². The molecular weight excluding hydrogens is 325 g/mol. The van der Waals surface area contributed by atoms with Gasteiger partial charge in [0.2, 0.25) is 5.91 Å². The van der Waals surface area contributed by atoms with E-state index >= 15 is 0 Å². The minimum Gasteiger partial charge on any atom is -0.381 e. The normalized spacial score (nSPS) is 21.3. The highest BCUT2D eigenvalue weighted by molar-refractivity contribution is 5.85. The average molecular weight is 356 g/mol. The fourth-order valence-electron chi connectivity index (χ4n) is 3.34. The van der Waals surface area contributed by atoms with E-state index in [0.717, 1.165) is 39.0 Å². The lowest BCUT2D eigenvalue weighted by molar-refractivity contribution is -0.122. The summed E-state index contributed by atoms with van der Waals surface area (Å²) in [6.45, 7) is 5.31. The number of piperidine rings is 1. The summed E-state index contributed by atoms with van der Waals surface area (Å²) in [7, 11) is 0. The Morgan fingerprint density at radius 3 is 2.36 bits per heavy atom. The summed E-state index contributed by atoms with van der Waals surface area (Å²) in [5.74, 6) is 0.137. The van der Waals surface area contributed by atoms with Crippen LogP contribution in [0.5, 0.6) is 0 Å². The lowest BCUT2D eigenvalue weighted by Crippen LogP contribution is -2.59. The maximum absolute atomic E-state index is 11.9. The molecular formula is C15H31Cl2N3O2. The van der Waals surface area contributed by atoms with Gasteiger partial charge in [-0.3, -0.25) is 9.69 Å². The van der Waals surface area contributed by atoms with Gasteiger partial charge in [-0.25, -0.2) is 0 Å². The van der Waals surface area contributed by atoms with Crippen LogP contribution in [0.1, 0.15) is 44.9 Å². The van der Waals surface area contributed by atoms with Gasteiger partial charge in [0, 0.05) is 31.7 Å². The van der Waals surface area contributed by atoms with Crippen molar-refractivity contribution < 1.29 is 9.53 Å². The third-order valence-electron chi connectivity index (χ3n) is 4.67. The summed E-state index contributed by atoms with van der Waals surface area (Å²) in [6.07, 6.45) is 7.28. The average Bonchev–Trinajstić information content (AvgIpc) is 2.52. The predicted octanol–water partition coefficient (Wildman–Crippen LogP) is 1.72. The minimum atomic E-state index is 0. The number of nitrogens with two attached hydrogens (primary N) is 1. The maximum atomic E-state index is 11.9. The molecule has 132 valence electrons. The molecule has 0 aromatic rings. The highest BCUT2D eigenvalue weighted by Crippen LogP contribution is 2.30. The van der Waals surface area contributed by atoms with Gasteiger partial charge in [0.25, 0.3) is 0 Å². The lowest BCUT2D eigenvalue weighted by Gasteiger charge is -2.48. The molecule has 2 saturated heterocycles. The molecule has 0 spiro atoms. The Morgan fingerprint density at radius 1 is 1.14 bits per heavy atom. The van der Waals surface area contributed by atoms with Crippen molar-refractivity contribution in [1.82, 2.24) is 10.2 Å². The summed E-state index contributed by atoms with van der Waals surface area (Å²) in [4.78, 5) is 14.5. The number of hydrogen-bond donors (Lipinski definition) is 2. The zero-order valence-electron chi connectivity index (χ0n) is 13.3. The van der Waals surface area contributed by atoms with Gasteiger partial charge in [-0.2, -0.15) is 0 Å². The molecule has 2 heterocycles. The van der Waals surface area contributed by atoms with Crippen LogP contribution in [-0.4, -0.2) is 55.7 Å². The monoisotopic (exact) mass is 355 g/mol. The summed E-state index contributed by atoms with van der Waals surface area (Å²) in [6, 6.07) is 0. The van der Waals surface area contributed by atoms with Gasteiger partial charge < -0.3 is 15.8 Å². The second kappa shape index (κ2) is 11.5. The molecule has 1 amide bonds. The first-order chi connectivity index (χ1) is 9.77. The number of nitrogens with zero attached hydrogens (tertiary/aromatic N) is 1. The van der Waals surface area contributed by atoms with Crippen molar-refractivity contribution in [2.45, 2.75) is 50.5 Å². The summed E-state index contributed by atoms with van der Waals surface area (Å²) >= 11 is 0. The topological polar surface area (TPSA) is 67.6 Å². The second-order valence-electron chi connectivity index (χ2n) is 6.05. The van der Waals surface area contributed by atoms with Crippen molar-refractivity contribution in [2.75, 3.05) is 39.4 Å². The molecule has 7 heteroatoms. The Kier molecular flexibility index (Phi) is 11.4. The second-order valence-corrected chi connectivity index (χ2v) is 6.05. The van der Waals surface area contributed by atoms with Crippen LogP contribution < -0.4 is 11.1 Å². The smallest absolute Gasteiger partial charge is 0.220 e. The van der Waals surface area contributed by atoms with Crippen LogP contribution in [0.15, 0.2) is 0 Å². The Morgan fingerprint density at radius 2 is 1.77 bits per heavy atom. The van der Waals surface area contributed by atoms with Crippen LogP contribution in [0.3, 0.4) is 0 Å². The van der Waals surface area contributed by atoms with Crippen LogP contribution in [0.4, 0.5) is 0 Å². The van der Waals surface area contributed by atoms with Crippen molar-refractivity contribution in [3.05, 3.63) is 0 Å². The van der Waals surface area contributed by atoms with Crippen molar-refractivity contribution in [2.24, 2.45) is 5.73 Å². The SMILES string of the molecule is Cl.Cl.NCCCC(=O)NCC1(N2CCCCC2)CCOCC1. The third kappa shape index (κ3) is 6.20. The zero-order chi connectivity index (χ0) is 14.3. The van der Waals surface area contributed by atoms with Gasteiger partial charge >= 0.3 is 0 Å². The molecule has 2 aliphatic rings. The molecule has 0 saturated carbocycles. The Bertz CT molecular complexity index is 307. The first-order valence-electron chi connectivity index (χ1n) is 8.06. The predicted molar refractivity (Wildman–Crippen MR) is 94.0 cm³/mol. The van der Waals surface area contributed by atoms with Crippen molar-refractivity contribution >= 4 is 30.7 Å². The number of nitrogens with one attached hydrogen (secondary N) is 1. The number of hydrogen-bond acceptors (Lipinski definition) is 4. The fraction of sp³-hybridized carbons (Fsp3) is 0.933. The highest BCUT2D eigenvalue weighted by atomic mass is 35.5. The van der Waals surface area contributed by atoms with E-state index in [0.29, 0.717) is 13.0 Å². The molecule has 0 aliphatic carbocycles. The summed E-state index contributed by atoms with van der Waals surface area (Å²) < 4.78 is 5.53. The minimum absolute atomic E-state index is 0. The molecule has 5 nitrogen and oxygen atoms in total. The molecule has 0 bridgehead atoms. The van der Waals surface area contributed by atoms with E-state index in [1.165, 1.54) is 32.4 Å². The molecule has 22 heavy (non-hydrogen) atoms. The Hall–Kier alpha value is -0.0700. The highest BCUT2D eigenvalue weighted by Gasteiger charge is 2.38. The first kappa shape index (κ1) is 21.9. The van der Waals surface area contributed by atoms with Crippen molar-refractivity contribution in [1.29, 1.82) is 0 Å². The standard InChI is InChI=1S/C15H29N3O2.2ClH/c16-8-4-5-14(19)17-13-15(6-11-20-12-7-15)18-9-2-1-3-10-18;;/h1-13,16H2,(H,17,19);2*1H. The number of carbonyl (C=O) groups excluding carboxylic acids is 1. The molecule has 0 radical (unpaired) electrons. The van der Waals surface area contributed by atoms with Crippen molar-refractivity contribution in [3.8, 4) is 0 Å². The van der Waals surface area contributed by atoms with Crippen LogP contribution in [0, 0.1) is 0 Å². The molecule has 3 N–H and O–H groups in total. The number of halogens is 2. The van der Waals surface area contributed by atoms with Gasteiger partial charge in [-0.1, -0.05) is 6.42 Å². The molecule has 0 aromatic carbocycles. The molecule has 2 rings (SSSR count). The van der Waals surface area contributed by atoms with Crippen LogP contribution in [0.25, 0.3) is 0 Å². The third-order valence-corrected chi connectivity index (χ3v) is 4.67. The quantitative estimate of drug-likeness (QED) is 0.761. The molecule has 0 atom stereocenters. The van der Waals surface area contributed by atoms with Gasteiger partial charge in [0.15, 0.2) is 0 Å². The number of amides is 1. The fourth-order valence-corrected chi connectivity index (χ4v) is 3.34. The van der Waals surface area contributed by atoms with E-state index in [1.807, 2.05) is 0 Å². The van der Waals surface area contributed by atoms with E-state index in [9.17, 15) is 4.79 Å². The lowest BCUT2D eigenvalue weighted by atomic mass is 9.86. The van der Waals surface area contributed by atoms with E-state index in [4.69, 9.17) is 10.5 Å². The number of rotatable bonds is 6. The van der Waals surface area contributed by atoms with E-state index in [1.54, 1.807) is 0 Å². The first-order valence-corrected chi connectivity index (χ1v) is 8.06. The number of ether oxygens (including phenoxy) is 1. The van der Waals surface area contributed by atoms with Gasteiger partial charge in [-0.15, -0.1) is 24.8 Å². The summed E-state index contributed by atoms with van der Waals surface area (Å²) in [5.41, 5.74) is 5.58. The molecule has 2 aliphatic heterocycles. The maximum Gasteiger partial charge on any atom is 0.220 e. The van der Waals surface area contributed by atoms with Crippen LogP contribution >= 0.6 is 24.8 Å². The summed E-state index contributed by atoms with van der Waals surface area (Å²) in [5, 5.41) is 3.13. The van der Waals surface area contributed by atoms with E-state index in [2.05, 4.69) is 10.2 Å². The van der Waals surface area contributed by atoms with Crippen molar-refractivity contribution in [3.63, 3.8) is 0 Å². The zero-order valence-corrected chi connectivity index (χ0v) is 15.0. The largest absolute Gasteiger partial charge is 0.381 e. The molecule has 0 aromatic heterocycles. The van der Waals surface area contributed by atoms with Crippen LogP contribution in [0.2, 0.25) is 0 Å². The van der Waals surface area contributed by atoms with Crippen LogP contribution in [-0.2, 0) is 9.53 Å². The molecule has 2 fully saturated rings. The number of likely N-dealkylation sites (tertiary alicyclic amines) is 1. The Balaban J connectivity index is 0.00000220. The van der Waals surface area contributed by atoms with Gasteiger partial charge in [0.05, 0.1) is 0 Å². The van der Waals surface area contributed by atoms with Gasteiger partial charge in [-0.05, 0) is 51.7 Å². The molecule has 0 unspecified atom stereocenters. The van der Waals surface area contributed by atoms with E-state index in [-0.39, 0.29) is 36.3 Å². The number of carbonyl (C=O) groups is 1. The Labute approximate surface area is 146 Å².